The quantitative estimate of drug-likeness (QED) is 0.712. The molecule has 2 aromatic rings. The first-order valence-electron chi connectivity index (χ1n) is 9.79. The van der Waals surface area contributed by atoms with E-state index in [-0.39, 0.29) is 0 Å². The lowest BCUT2D eigenvalue weighted by Crippen LogP contribution is -2.45. The minimum atomic E-state index is 0.359. The van der Waals surface area contributed by atoms with Crippen molar-refractivity contribution in [1.29, 1.82) is 0 Å². The molecule has 2 unspecified atom stereocenters. The van der Waals surface area contributed by atoms with Gasteiger partial charge in [-0.05, 0) is 52.8 Å². The molecule has 0 amide bonds. The second-order valence-corrected chi connectivity index (χ2v) is 7.54. The highest BCUT2D eigenvalue weighted by atomic mass is 16.5. The van der Waals surface area contributed by atoms with Crippen LogP contribution in [0.5, 0.6) is 0 Å². The standard InChI is InChI=1S/C21H32N4O/c1-16-7-6-8-19(11-16)21-20(13-23-24-21)12-22-9-4-5-10-25-14-17(2)26-18(3)15-25/h6-8,11,13,17-18,22H,4-5,9-10,12,14-15H2,1-3H3,(H,23,24). The van der Waals surface area contributed by atoms with Gasteiger partial charge >= 0.3 is 0 Å². The lowest BCUT2D eigenvalue weighted by molar-refractivity contribution is -0.0681. The van der Waals surface area contributed by atoms with Gasteiger partial charge in [0.05, 0.1) is 24.1 Å². The molecule has 1 aliphatic rings. The van der Waals surface area contributed by atoms with Gasteiger partial charge in [0, 0.05) is 30.8 Å². The predicted octanol–water partition coefficient (Wildman–Crippen LogP) is 3.36. The Bertz CT molecular complexity index is 674. The molecule has 0 aliphatic carbocycles. The summed E-state index contributed by atoms with van der Waals surface area (Å²) in [6.45, 7) is 11.6. The normalized spacial score (nSPS) is 21.2. The van der Waals surface area contributed by atoms with E-state index in [9.17, 15) is 0 Å². The van der Waals surface area contributed by atoms with E-state index in [1.54, 1.807) is 0 Å². The van der Waals surface area contributed by atoms with Crippen LogP contribution in [0, 0.1) is 6.92 Å². The van der Waals surface area contributed by atoms with Crippen LogP contribution < -0.4 is 5.32 Å². The fourth-order valence-corrected chi connectivity index (χ4v) is 3.77. The van der Waals surface area contributed by atoms with Crippen LogP contribution in [0.1, 0.15) is 37.8 Å². The Balaban J connectivity index is 1.38. The van der Waals surface area contributed by atoms with Crippen LogP contribution in [0.15, 0.2) is 30.5 Å². The predicted molar refractivity (Wildman–Crippen MR) is 106 cm³/mol. The van der Waals surface area contributed by atoms with Gasteiger partial charge in [0.25, 0.3) is 0 Å². The Morgan fingerprint density at radius 2 is 2.04 bits per heavy atom. The largest absolute Gasteiger partial charge is 0.373 e. The van der Waals surface area contributed by atoms with Gasteiger partial charge in [0.15, 0.2) is 0 Å². The van der Waals surface area contributed by atoms with Gasteiger partial charge in [-0.15, -0.1) is 0 Å². The van der Waals surface area contributed by atoms with E-state index in [2.05, 4.69) is 65.5 Å². The number of aromatic nitrogens is 2. The van der Waals surface area contributed by atoms with Gasteiger partial charge in [0.1, 0.15) is 0 Å². The van der Waals surface area contributed by atoms with Gasteiger partial charge in [-0.2, -0.15) is 5.10 Å². The van der Waals surface area contributed by atoms with Crippen molar-refractivity contribution in [2.24, 2.45) is 0 Å². The van der Waals surface area contributed by atoms with Crippen molar-refractivity contribution < 1.29 is 4.74 Å². The van der Waals surface area contributed by atoms with Crippen LogP contribution in [-0.4, -0.2) is 53.5 Å². The molecule has 1 aromatic carbocycles. The molecule has 0 spiro atoms. The molecule has 142 valence electrons. The summed E-state index contributed by atoms with van der Waals surface area (Å²) in [7, 11) is 0. The zero-order valence-corrected chi connectivity index (χ0v) is 16.3. The van der Waals surface area contributed by atoms with Gasteiger partial charge in [-0.1, -0.05) is 23.8 Å². The van der Waals surface area contributed by atoms with E-state index in [4.69, 9.17) is 4.74 Å². The first-order chi connectivity index (χ1) is 12.6. The summed E-state index contributed by atoms with van der Waals surface area (Å²) >= 11 is 0. The molecular weight excluding hydrogens is 324 g/mol. The molecule has 1 fully saturated rings. The van der Waals surface area contributed by atoms with Crippen LogP contribution in [0.4, 0.5) is 0 Å². The molecule has 5 nitrogen and oxygen atoms in total. The number of nitrogens with one attached hydrogen (secondary N) is 2. The first kappa shape index (κ1) is 19.1. The third-order valence-corrected chi connectivity index (χ3v) is 4.91. The van der Waals surface area contributed by atoms with Gasteiger partial charge in [0.2, 0.25) is 0 Å². The highest BCUT2D eigenvalue weighted by Gasteiger charge is 2.21. The average Bonchev–Trinajstić information content (AvgIpc) is 3.05. The summed E-state index contributed by atoms with van der Waals surface area (Å²) in [6, 6.07) is 8.54. The average molecular weight is 357 g/mol. The summed E-state index contributed by atoms with van der Waals surface area (Å²) in [4.78, 5) is 2.53. The monoisotopic (exact) mass is 356 g/mol. The Morgan fingerprint density at radius 3 is 2.81 bits per heavy atom. The Morgan fingerprint density at radius 1 is 1.23 bits per heavy atom. The summed E-state index contributed by atoms with van der Waals surface area (Å²) < 4.78 is 5.79. The van der Waals surface area contributed by atoms with Crippen molar-refractivity contribution in [1.82, 2.24) is 20.4 Å². The molecule has 2 N–H and O–H groups in total. The van der Waals surface area contributed by atoms with E-state index < -0.39 is 0 Å². The van der Waals surface area contributed by atoms with E-state index >= 15 is 0 Å². The number of hydrogen-bond acceptors (Lipinski definition) is 4. The number of aryl methyl sites for hydroxylation is 1. The van der Waals surface area contributed by atoms with Crippen molar-refractivity contribution in [3.8, 4) is 11.3 Å². The number of rotatable bonds is 8. The molecule has 1 aliphatic heterocycles. The minimum absolute atomic E-state index is 0.359. The van der Waals surface area contributed by atoms with Gasteiger partial charge in [-0.3, -0.25) is 10.00 Å². The summed E-state index contributed by atoms with van der Waals surface area (Å²) in [5.74, 6) is 0. The number of ether oxygens (including phenoxy) is 1. The lowest BCUT2D eigenvalue weighted by atomic mass is 10.1. The van der Waals surface area contributed by atoms with Crippen molar-refractivity contribution in [3.05, 3.63) is 41.6 Å². The Labute approximate surface area is 157 Å². The maximum absolute atomic E-state index is 5.79. The van der Waals surface area contributed by atoms with E-state index in [0.29, 0.717) is 12.2 Å². The van der Waals surface area contributed by atoms with Crippen LogP contribution in [-0.2, 0) is 11.3 Å². The fourth-order valence-electron chi connectivity index (χ4n) is 3.77. The number of nitrogens with zero attached hydrogens (tertiary/aromatic N) is 2. The Kier molecular flexibility index (Phi) is 6.83. The number of unbranched alkanes of at least 4 members (excludes halogenated alkanes) is 1. The molecule has 1 aromatic heterocycles. The van der Waals surface area contributed by atoms with Crippen LogP contribution in [0.2, 0.25) is 0 Å². The first-order valence-corrected chi connectivity index (χ1v) is 9.79. The van der Waals surface area contributed by atoms with Crippen molar-refractivity contribution in [2.75, 3.05) is 26.2 Å². The molecule has 0 radical (unpaired) electrons. The zero-order valence-electron chi connectivity index (χ0n) is 16.3. The molecule has 2 atom stereocenters. The molecular formula is C21H32N4O. The van der Waals surface area contributed by atoms with Crippen molar-refractivity contribution >= 4 is 0 Å². The van der Waals surface area contributed by atoms with Gasteiger partial charge in [-0.25, -0.2) is 0 Å². The topological polar surface area (TPSA) is 53.2 Å². The third kappa shape index (κ3) is 5.40. The molecule has 0 saturated carbocycles. The van der Waals surface area contributed by atoms with E-state index in [1.807, 2.05) is 6.20 Å². The molecule has 0 bridgehead atoms. The number of aromatic amines is 1. The molecule has 3 rings (SSSR count). The molecule has 26 heavy (non-hydrogen) atoms. The lowest BCUT2D eigenvalue weighted by Gasteiger charge is -2.35. The van der Waals surface area contributed by atoms with Crippen molar-refractivity contribution in [2.45, 2.75) is 52.4 Å². The number of morpholine rings is 1. The van der Waals surface area contributed by atoms with Gasteiger partial charge < -0.3 is 10.1 Å². The second-order valence-electron chi connectivity index (χ2n) is 7.54. The van der Waals surface area contributed by atoms with E-state index in [1.165, 1.54) is 36.1 Å². The number of benzene rings is 1. The molecule has 2 heterocycles. The number of H-pyrrole nitrogens is 1. The molecule has 5 heteroatoms. The van der Waals surface area contributed by atoms with Crippen LogP contribution in [0.25, 0.3) is 11.3 Å². The SMILES string of the molecule is Cc1cccc(-c2[nH]ncc2CNCCCCN2CC(C)OC(C)C2)c1. The Hall–Kier alpha value is -1.69. The number of hydrogen-bond donors (Lipinski definition) is 2. The zero-order chi connectivity index (χ0) is 18.4. The summed E-state index contributed by atoms with van der Waals surface area (Å²) in [5.41, 5.74) is 4.82. The fraction of sp³-hybridized carbons (Fsp3) is 0.571. The highest BCUT2D eigenvalue weighted by molar-refractivity contribution is 5.63. The smallest absolute Gasteiger partial charge is 0.0695 e. The van der Waals surface area contributed by atoms with Crippen LogP contribution in [0.3, 0.4) is 0 Å². The maximum Gasteiger partial charge on any atom is 0.0695 e. The summed E-state index contributed by atoms with van der Waals surface area (Å²) in [5, 5.41) is 10.9. The van der Waals surface area contributed by atoms with Crippen molar-refractivity contribution in [3.63, 3.8) is 0 Å². The summed E-state index contributed by atoms with van der Waals surface area (Å²) in [6.07, 6.45) is 5.07. The van der Waals surface area contributed by atoms with Crippen LogP contribution >= 0.6 is 0 Å². The minimum Gasteiger partial charge on any atom is -0.373 e. The highest BCUT2D eigenvalue weighted by Crippen LogP contribution is 2.21. The maximum atomic E-state index is 5.79. The third-order valence-electron chi connectivity index (χ3n) is 4.91. The van der Waals surface area contributed by atoms with E-state index in [0.717, 1.165) is 31.9 Å². The second kappa shape index (κ2) is 9.31. The molecule has 1 saturated heterocycles.